The van der Waals surface area contributed by atoms with Gasteiger partial charge in [0.05, 0.1) is 22.1 Å². The van der Waals surface area contributed by atoms with Gasteiger partial charge in [-0.15, -0.1) is 0 Å². The number of anilines is 9. The van der Waals surface area contributed by atoms with E-state index >= 15 is 0 Å². The Morgan fingerprint density at radius 2 is 0.818 bits per heavy atom. The van der Waals surface area contributed by atoms with Gasteiger partial charge in [0.1, 0.15) is 11.2 Å². The van der Waals surface area contributed by atoms with E-state index in [0.29, 0.717) is 33.4 Å². The Hall–Kier alpha value is -7.57. The van der Waals surface area contributed by atoms with Gasteiger partial charge in [0.25, 0.3) is 0 Å². The number of hydrogen-bond acceptors (Lipinski definition) is 6. The molecule has 1 aliphatic heterocycles. The monoisotopic (exact) mass is 711 g/mol. The molecule has 0 aliphatic carbocycles. The van der Waals surface area contributed by atoms with Gasteiger partial charge in [0, 0.05) is 51.9 Å². The Balaban J connectivity index is 1.17. The molecule has 262 valence electrons. The van der Waals surface area contributed by atoms with Crippen molar-refractivity contribution >= 4 is 73.1 Å². The molecule has 0 saturated carbocycles. The fourth-order valence-corrected chi connectivity index (χ4v) is 7.48. The highest BCUT2D eigenvalue weighted by Gasteiger charge is 2.29. The van der Waals surface area contributed by atoms with Crippen LogP contribution in [-0.2, 0) is 0 Å². The third kappa shape index (κ3) is 5.73. The Labute approximate surface area is 317 Å². The maximum Gasteiger partial charge on any atom is 0.200 e. The van der Waals surface area contributed by atoms with Gasteiger partial charge in [0.2, 0.25) is 5.43 Å². The predicted molar refractivity (Wildman–Crippen MR) is 224 cm³/mol. The van der Waals surface area contributed by atoms with Crippen molar-refractivity contribution in [1.29, 1.82) is 0 Å². The number of benzene rings is 8. The molecule has 6 heteroatoms. The maximum atomic E-state index is 13.9. The summed E-state index contributed by atoms with van der Waals surface area (Å²) in [6, 6.07) is 67.1. The third-order valence-corrected chi connectivity index (χ3v) is 9.98. The molecule has 0 atom stereocenters. The molecular formula is C49H33N3O3. The summed E-state index contributed by atoms with van der Waals surface area (Å²) in [4.78, 5) is 20.5. The predicted octanol–water partition coefficient (Wildman–Crippen LogP) is 13.5. The van der Waals surface area contributed by atoms with Crippen molar-refractivity contribution in [2.75, 3.05) is 14.7 Å². The summed E-state index contributed by atoms with van der Waals surface area (Å²) in [5.41, 5.74) is 9.53. The van der Waals surface area contributed by atoms with Crippen LogP contribution in [-0.4, -0.2) is 0 Å². The second-order valence-electron chi connectivity index (χ2n) is 13.4. The lowest BCUT2D eigenvalue weighted by molar-refractivity contribution is 0.477. The summed E-state index contributed by atoms with van der Waals surface area (Å²) in [5.74, 6) is 1.35. The third-order valence-electron chi connectivity index (χ3n) is 9.98. The fourth-order valence-electron chi connectivity index (χ4n) is 7.48. The highest BCUT2D eigenvalue weighted by Crippen LogP contribution is 2.54. The molecule has 0 bridgehead atoms. The van der Waals surface area contributed by atoms with Crippen molar-refractivity contribution in [3.63, 3.8) is 0 Å². The molecule has 0 N–H and O–H groups in total. The van der Waals surface area contributed by atoms with E-state index in [1.807, 2.05) is 115 Å². The van der Waals surface area contributed by atoms with Gasteiger partial charge >= 0.3 is 0 Å². The van der Waals surface area contributed by atoms with E-state index in [0.717, 1.165) is 51.2 Å². The summed E-state index contributed by atoms with van der Waals surface area (Å²) >= 11 is 0. The van der Waals surface area contributed by atoms with Crippen molar-refractivity contribution < 1.29 is 9.15 Å². The number of nitrogens with zero attached hydrogens (tertiary/aromatic N) is 3. The zero-order chi connectivity index (χ0) is 36.7. The van der Waals surface area contributed by atoms with Crippen LogP contribution in [0.2, 0.25) is 0 Å². The first-order valence-electron chi connectivity index (χ1n) is 18.2. The van der Waals surface area contributed by atoms with Crippen LogP contribution in [0.15, 0.2) is 209 Å². The van der Waals surface area contributed by atoms with Crippen molar-refractivity contribution in [1.82, 2.24) is 0 Å². The zero-order valence-corrected chi connectivity index (χ0v) is 29.6. The Kier molecular flexibility index (Phi) is 7.85. The normalized spacial score (nSPS) is 11.8. The molecule has 8 aromatic carbocycles. The molecule has 0 amide bonds. The van der Waals surface area contributed by atoms with Crippen LogP contribution in [0.3, 0.4) is 0 Å². The van der Waals surface area contributed by atoms with E-state index in [2.05, 4.69) is 99.6 Å². The molecule has 0 fully saturated rings. The van der Waals surface area contributed by atoms with Crippen LogP contribution in [0.5, 0.6) is 11.5 Å². The van der Waals surface area contributed by atoms with Gasteiger partial charge in [-0.05, 0) is 103 Å². The Morgan fingerprint density at radius 1 is 0.382 bits per heavy atom. The minimum Gasteiger partial charge on any atom is -0.456 e. The van der Waals surface area contributed by atoms with Gasteiger partial charge in [0.15, 0.2) is 11.5 Å². The smallest absolute Gasteiger partial charge is 0.200 e. The highest BCUT2D eigenvalue weighted by molar-refractivity contribution is 5.96. The van der Waals surface area contributed by atoms with E-state index in [-0.39, 0.29) is 5.43 Å². The fraction of sp³-hybridized carbons (Fsp3) is 0. The van der Waals surface area contributed by atoms with Crippen molar-refractivity contribution in [3.8, 4) is 11.5 Å². The molecule has 1 aromatic heterocycles. The average Bonchev–Trinajstić information content (AvgIpc) is 3.24. The van der Waals surface area contributed by atoms with E-state index in [1.165, 1.54) is 0 Å². The number of rotatable bonds is 7. The maximum absolute atomic E-state index is 13.9. The first kappa shape index (κ1) is 32.1. The Bertz CT molecular complexity index is 2670. The van der Waals surface area contributed by atoms with E-state index in [9.17, 15) is 4.79 Å². The lowest BCUT2D eigenvalue weighted by atomic mass is 10.1. The summed E-state index contributed by atoms with van der Waals surface area (Å²) in [6.07, 6.45) is 0. The second-order valence-corrected chi connectivity index (χ2v) is 13.4. The molecule has 0 unspecified atom stereocenters. The van der Waals surface area contributed by atoms with Gasteiger partial charge < -0.3 is 23.9 Å². The average molecular weight is 712 g/mol. The molecule has 6 nitrogen and oxygen atoms in total. The van der Waals surface area contributed by atoms with Crippen LogP contribution in [0.1, 0.15) is 0 Å². The van der Waals surface area contributed by atoms with Gasteiger partial charge in [-0.2, -0.15) is 0 Å². The lowest BCUT2D eigenvalue weighted by Crippen LogP contribution is -2.18. The minimum atomic E-state index is -0.0687. The van der Waals surface area contributed by atoms with E-state index in [4.69, 9.17) is 9.15 Å². The topological polar surface area (TPSA) is 49.2 Å². The van der Waals surface area contributed by atoms with Crippen molar-refractivity contribution in [3.05, 3.63) is 210 Å². The summed E-state index contributed by atoms with van der Waals surface area (Å²) < 4.78 is 13.2. The molecular weight excluding hydrogens is 679 g/mol. The summed E-state index contributed by atoms with van der Waals surface area (Å²) in [5, 5.41) is 1.06. The zero-order valence-electron chi connectivity index (χ0n) is 29.6. The van der Waals surface area contributed by atoms with Crippen LogP contribution < -0.4 is 24.9 Å². The van der Waals surface area contributed by atoms with Crippen molar-refractivity contribution in [2.45, 2.75) is 0 Å². The van der Waals surface area contributed by atoms with Gasteiger partial charge in [-0.25, -0.2) is 0 Å². The molecule has 10 rings (SSSR count). The Morgan fingerprint density at radius 3 is 1.31 bits per heavy atom. The molecule has 0 saturated heterocycles. The quantitative estimate of drug-likeness (QED) is 0.153. The molecule has 9 aromatic rings. The molecule has 1 aliphatic rings. The number of fused-ring (bicyclic) bond motifs is 4. The standard InChI is InChI=1S/C49H33N3O3/c53-49-41-23-13-14-24-45(41)54-46-30-27-38(31-42(46)49)52-43-28-25-39(50(34-15-5-1-6-16-34)35-17-7-2-8-18-35)32-47(43)55-48-33-40(26-29-44(48)52)51(36-19-9-3-10-20-36)37-21-11-4-12-22-37/h1-33H. The first-order chi connectivity index (χ1) is 27.2. The second kappa shape index (κ2) is 13.4. The highest BCUT2D eigenvalue weighted by atomic mass is 16.5. The number of ether oxygens (including phenoxy) is 1. The van der Waals surface area contributed by atoms with Crippen LogP contribution in [0.4, 0.5) is 51.2 Å². The summed E-state index contributed by atoms with van der Waals surface area (Å²) in [7, 11) is 0. The molecule has 0 radical (unpaired) electrons. The molecule has 0 spiro atoms. The van der Waals surface area contributed by atoms with Gasteiger partial charge in [-0.3, -0.25) is 4.79 Å². The SMILES string of the molecule is O=c1c2ccccc2oc2ccc(N3c4ccc(N(c5ccccc5)c5ccccc5)cc4Oc4cc(N(c5ccccc5)c5ccccc5)ccc43)cc12. The van der Waals surface area contributed by atoms with Crippen LogP contribution in [0, 0.1) is 0 Å². The minimum absolute atomic E-state index is 0.0687. The van der Waals surface area contributed by atoms with Crippen LogP contribution in [0.25, 0.3) is 21.9 Å². The van der Waals surface area contributed by atoms with E-state index < -0.39 is 0 Å². The van der Waals surface area contributed by atoms with Crippen molar-refractivity contribution in [2.24, 2.45) is 0 Å². The molecule has 55 heavy (non-hydrogen) atoms. The largest absolute Gasteiger partial charge is 0.456 e. The van der Waals surface area contributed by atoms with Gasteiger partial charge in [-0.1, -0.05) is 84.9 Å². The van der Waals surface area contributed by atoms with Crippen LogP contribution >= 0.6 is 0 Å². The van der Waals surface area contributed by atoms with E-state index in [1.54, 1.807) is 0 Å². The first-order valence-corrected chi connectivity index (χ1v) is 18.2. The summed E-state index contributed by atoms with van der Waals surface area (Å²) in [6.45, 7) is 0. The number of para-hydroxylation sites is 5. The lowest BCUT2D eigenvalue weighted by Gasteiger charge is -2.35. The molecule has 2 heterocycles. The number of hydrogen-bond donors (Lipinski definition) is 0.